The van der Waals surface area contributed by atoms with Gasteiger partial charge in [0, 0.05) is 13.1 Å². The number of rotatable bonds is 9. The first-order chi connectivity index (χ1) is 14.7. The monoisotopic (exact) mass is 515 g/mol. The number of anilines is 1. The van der Waals surface area contributed by atoms with E-state index in [0.29, 0.717) is 28.8 Å². The number of carbonyl (C=O) groups excluding carboxylic acids is 1. The van der Waals surface area contributed by atoms with Crippen LogP contribution in [-0.4, -0.2) is 56.1 Å². The van der Waals surface area contributed by atoms with E-state index in [1.165, 1.54) is 28.4 Å². The van der Waals surface area contributed by atoms with Crippen molar-refractivity contribution in [3.8, 4) is 0 Å². The van der Waals surface area contributed by atoms with Crippen LogP contribution < -0.4 is 4.90 Å². The average molecular weight is 517 g/mol. The summed E-state index contributed by atoms with van der Waals surface area (Å²) < 4.78 is 26.6. The van der Waals surface area contributed by atoms with Crippen LogP contribution in [0, 0.1) is 6.92 Å². The zero-order valence-electron chi connectivity index (χ0n) is 18.2. The maximum atomic E-state index is 13.2. The van der Waals surface area contributed by atoms with Crippen molar-refractivity contribution in [3.63, 3.8) is 0 Å². The summed E-state index contributed by atoms with van der Waals surface area (Å²) in [7, 11) is -3.77. The van der Waals surface area contributed by atoms with Crippen LogP contribution in [0.15, 0.2) is 47.4 Å². The zero-order valence-corrected chi connectivity index (χ0v) is 21.5. The first-order valence-corrected chi connectivity index (χ1v) is 13.0. The molecule has 3 aromatic rings. The molecule has 0 radical (unpaired) electrons. The quantitative estimate of drug-likeness (QED) is 0.408. The molecule has 10 heteroatoms. The van der Waals surface area contributed by atoms with E-state index < -0.39 is 21.5 Å². The molecule has 1 heterocycles. The van der Waals surface area contributed by atoms with Gasteiger partial charge in [0.25, 0.3) is 0 Å². The summed E-state index contributed by atoms with van der Waals surface area (Å²) in [5.74, 6) is -1.11. The van der Waals surface area contributed by atoms with Gasteiger partial charge in [-0.2, -0.15) is 0 Å². The Morgan fingerprint density at radius 3 is 2.31 bits per heavy atom. The second kappa shape index (κ2) is 11.4. The number of carbonyl (C=O) groups is 1. The second-order valence-electron chi connectivity index (χ2n) is 7.23. The number of hydrogen-bond donors (Lipinski definition) is 0. The van der Waals surface area contributed by atoms with E-state index in [4.69, 9.17) is 11.6 Å². The Balaban J connectivity index is 0.00000363. The van der Waals surface area contributed by atoms with E-state index in [0.717, 1.165) is 23.4 Å². The van der Waals surface area contributed by atoms with Gasteiger partial charge < -0.3 is 4.90 Å². The lowest BCUT2D eigenvalue weighted by molar-refractivity contribution is -0.116. The third kappa shape index (κ3) is 6.20. The molecule has 0 atom stereocenters. The fraction of sp³-hybridized carbons (Fsp3) is 0.364. The van der Waals surface area contributed by atoms with E-state index in [-0.39, 0.29) is 17.3 Å². The third-order valence-corrected chi connectivity index (χ3v) is 8.08. The Labute approximate surface area is 204 Å². The van der Waals surface area contributed by atoms with Crippen LogP contribution in [0.1, 0.15) is 19.4 Å². The Kier molecular flexibility index (Phi) is 9.48. The Bertz CT molecular complexity index is 1160. The number of sulfone groups is 1. The molecule has 2 aromatic carbocycles. The number of nitrogens with zero attached hydrogens (tertiary/aromatic N) is 3. The van der Waals surface area contributed by atoms with Crippen LogP contribution >= 0.6 is 35.3 Å². The van der Waals surface area contributed by atoms with Gasteiger partial charge >= 0.3 is 0 Å². The van der Waals surface area contributed by atoms with Crippen LogP contribution in [0.4, 0.5) is 5.13 Å². The van der Waals surface area contributed by atoms with E-state index in [1.807, 2.05) is 19.1 Å². The van der Waals surface area contributed by atoms with Gasteiger partial charge in [0.05, 0.1) is 14.6 Å². The van der Waals surface area contributed by atoms with E-state index >= 15 is 0 Å². The van der Waals surface area contributed by atoms with Crippen LogP contribution in [0.5, 0.6) is 0 Å². The molecular formula is C22H27Cl2N3O3S2. The van der Waals surface area contributed by atoms with Crippen molar-refractivity contribution in [2.45, 2.75) is 25.7 Å². The number of thiazole rings is 1. The predicted molar refractivity (Wildman–Crippen MR) is 135 cm³/mol. The highest BCUT2D eigenvalue weighted by atomic mass is 35.5. The Hall–Kier alpha value is -1.71. The lowest BCUT2D eigenvalue weighted by Crippen LogP contribution is -2.41. The summed E-state index contributed by atoms with van der Waals surface area (Å²) in [6.45, 7) is 8.63. The fourth-order valence-corrected chi connectivity index (χ4v) is 5.70. The van der Waals surface area contributed by atoms with Crippen LogP contribution in [0.2, 0.25) is 5.02 Å². The maximum Gasteiger partial charge on any atom is 0.244 e. The fourth-order valence-electron chi connectivity index (χ4n) is 3.20. The normalized spacial score (nSPS) is 11.5. The minimum Gasteiger partial charge on any atom is -0.302 e. The number of para-hydroxylation sites is 1. The lowest BCUT2D eigenvalue weighted by Gasteiger charge is -2.24. The molecule has 1 amide bonds. The molecule has 3 rings (SSSR count). The van der Waals surface area contributed by atoms with Crippen molar-refractivity contribution >= 4 is 66.4 Å². The number of fused-ring (bicyclic) bond motifs is 1. The van der Waals surface area contributed by atoms with Crippen LogP contribution in [0.25, 0.3) is 10.2 Å². The number of hydrogen-bond acceptors (Lipinski definition) is 6. The SMILES string of the molecule is CCN(CC)CCN(C(=O)CS(=O)(=O)c1ccc(C)cc1)c1nc2c(Cl)cccc2s1.Cl. The first-order valence-electron chi connectivity index (χ1n) is 10.1. The Morgan fingerprint density at radius 1 is 1.06 bits per heavy atom. The van der Waals surface area contributed by atoms with Gasteiger partial charge in [0.15, 0.2) is 15.0 Å². The van der Waals surface area contributed by atoms with Gasteiger partial charge in [-0.15, -0.1) is 12.4 Å². The molecule has 0 aliphatic heterocycles. The van der Waals surface area contributed by atoms with E-state index in [1.54, 1.807) is 18.2 Å². The molecule has 0 saturated carbocycles. The van der Waals surface area contributed by atoms with Crippen molar-refractivity contribution < 1.29 is 13.2 Å². The minimum absolute atomic E-state index is 0. The smallest absolute Gasteiger partial charge is 0.244 e. The molecule has 0 N–H and O–H groups in total. The van der Waals surface area contributed by atoms with E-state index in [9.17, 15) is 13.2 Å². The van der Waals surface area contributed by atoms with Gasteiger partial charge in [-0.05, 0) is 44.3 Å². The number of aryl methyl sites for hydroxylation is 1. The summed E-state index contributed by atoms with van der Waals surface area (Å²) in [6.07, 6.45) is 0. The summed E-state index contributed by atoms with van der Waals surface area (Å²) in [5.41, 5.74) is 1.57. The number of amides is 1. The van der Waals surface area contributed by atoms with Gasteiger partial charge in [-0.1, -0.05) is 60.5 Å². The molecule has 0 bridgehead atoms. The topological polar surface area (TPSA) is 70.6 Å². The molecule has 1 aromatic heterocycles. The number of halogens is 2. The largest absolute Gasteiger partial charge is 0.302 e. The second-order valence-corrected chi connectivity index (χ2v) is 10.6. The molecule has 174 valence electrons. The highest BCUT2D eigenvalue weighted by Crippen LogP contribution is 2.33. The molecule has 0 aliphatic carbocycles. The first kappa shape index (κ1) is 26.5. The summed E-state index contributed by atoms with van der Waals surface area (Å²) in [4.78, 5) is 21.6. The number of benzene rings is 2. The Morgan fingerprint density at radius 2 is 1.72 bits per heavy atom. The third-order valence-electron chi connectivity index (χ3n) is 5.12. The van der Waals surface area contributed by atoms with Crippen molar-refractivity contribution in [1.29, 1.82) is 0 Å². The summed E-state index contributed by atoms with van der Waals surface area (Å²) in [6, 6.07) is 12.0. The molecule has 0 spiro atoms. The molecule has 0 aliphatic rings. The van der Waals surface area contributed by atoms with E-state index in [2.05, 4.69) is 23.7 Å². The van der Waals surface area contributed by atoms with Crippen molar-refractivity contribution in [3.05, 3.63) is 53.1 Å². The van der Waals surface area contributed by atoms with Crippen LogP contribution in [-0.2, 0) is 14.6 Å². The summed E-state index contributed by atoms with van der Waals surface area (Å²) in [5, 5.41) is 0.961. The molecule has 0 saturated heterocycles. The number of likely N-dealkylation sites (N-methyl/N-ethyl adjacent to an activating group) is 1. The molecular weight excluding hydrogens is 489 g/mol. The lowest BCUT2D eigenvalue weighted by atomic mass is 10.2. The molecule has 0 unspecified atom stereocenters. The standard InChI is InChI=1S/C22H26ClN3O3S2.ClH/c1-4-25(5-2)13-14-26(22-24-21-18(23)7-6-8-19(21)30-22)20(27)15-31(28,29)17-11-9-16(3)10-12-17;/h6-12H,4-5,13-15H2,1-3H3;1H. The van der Waals surface area contributed by atoms with Gasteiger partial charge in [-0.3, -0.25) is 9.69 Å². The zero-order chi connectivity index (χ0) is 22.6. The van der Waals surface area contributed by atoms with Crippen molar-refractivity contribution in [2.24, 2.45) is 0 Å². The molecule has 6 nitrogen and oxygen atoms in total. The number of aromatic nitrogens is 1. The van der Waals surface area contributed by atoms with Crippen molar-refractivity contribution in [1.82, 2.24) is 9.88 Å². The summed E-state index contributed by atoms with van der Waals surface area (Å²) >= 11 is 7.60. The van der Waals surface area contributed by atoms with Crippen molar-refractivity contribution in [2.75, 3.05) is 36.8 Å². The highest BCUT2D eigenvalue weighted by molar-refractivity contribution is 7.92. The van der Waals surface area contributed by atoms with Crippen LogP contribution in [0.3, 0.4) is 0 Å². The predicted octanol–water partition coefficient (Wildman–Crippen LogP) is 4.83. The molecule has 32 heavy (non-hydrogen) atoms. The highest BCUT2D eigenvalue weighted by Gasteiger charge is 2.27. The molecule has 0 fully saturated rings. The minimum atomic E-state index is -3.77. The van der Waals surface area contributed by atoms with Gasteiger partial charge in [0.1, 0.15) is 11.3 Å². The maximum absolute atomic E-state index is 13.2. The van der Waals surface area contributed by atoms with Gasteiger partial charge in [-0.25, -0.2) is 13.4 Å². The average Bonchev–Trinajstić information content (AvgIpc) is 3.16. The van der Waals surface area contributed by atoms with Gasteiger partial charge in [0.2, 0.25) is 5.91 Å².